The van der Waals surface area contributed by atoms with Gasteiger partial charge in [0.1, 0.15) is 0 Å². The molecular formula is C18H11F2NO2S2. The fourth-order valence-corrected chi connectivity index (χ4v) is 3.63. The summed E-state index contributed by atoms with van der Waals surface area (Å²) in [6.07, 6.45) is 0. The van der Waals surface area contributed by atoms with Crippen molar-refractivity contribution in [1.82, 2.24) is 0 Å². The molecule has 25 heavy (non-hydrogen) atoms. The van der Waals surface area contributed by atoms with Gasteiger partial charge in [0.15, 0.2) is 11.6 Å². The number of halogens is 2. The Morgan fingerprint density at radius 2 is 1.76 bits per heavy atom. The second-order valence-corrected chi connectivity index (χ2v) is 7.62. The molecule has 1 N–H and O–H groups in total. The van der Waals surface area contributed by atoms with E-state index in [1.165, 1.54) is 11.3 Å². The Kier molecular flexibility index (Phi) is 4.83. The van der Waals surface area contributed by atoms with E-state index < -0.39 is 21.7 Å². The zero-order chi connectivity index (χ0) is 17.9. The zero-order valence-electron chi connectivity index (χ0n) is 12.7. The van der Waals surface area contributed by atoms with E-state index >= 15 is 0 Å². The number of anilines is 1. The van der Waals surface area contributed by atoms with Crippen molar-refractivity contribution in [1.29, 1.82) is 0 Å². The van der Waals surface area contributed by atoms with Gasteiger partial charge < -0.3 is 0 Å². The Morgan fingerprint density at radius 3 is 2.48 bits per heavy atom. The summed E-state index contributed by atoms with van der Waals surface area (Å²) in [5, 5.41) is 1.91. The molecule has 0 fully saturated rings. The van der Waals surface area contributed by atoms with Crippen molar-refractivity contribution in [3.8, 4) is 11.8 Å². The maximum atomic E-state index is 13.3. The van der Waals surface area contributed by atoms with Gasteiger partial charge >= 0.3 is 0 Å². The van der Waals surface area contributed by atoms with Crippen molar-refractivity contribution in [2.24, 2.45) is 0 Å². The Balaban J connectivity index is 1.85. The van der Waals surface area contributed by atoms with Crippen molar-refractivity contribution >= 4 is 27.0 Å². The number of thiophene rings is 1. The molecule has 0 bridgehead atoms. The van der Waals surface area contributed by atoms with Gasteiger partial charge in [-0.1, -0.05) is 24.0 Å². The first kappa shape index (κ1) is 17.1. The van der Waals surface area contributed by atoms with Crippen molar-refractivity contribution in [3.63, 3.8) is 0 Å². The first-order chi connectivity index (χ1) is 11.9. The second kappa shape index (κ2) is 7.05. The van der Waals surface area contributed by atoms with Crippen LogP contribution in [0.2, 0.25) is 0 Å². The van der Waals surface area contributed by atoms with Crippen LogP contribution in [0.5, 0.6) is 0 Å². The van der Waals surface area contributed by atoms with Gasteiger partial charge in [-0.25, -0.2) is 17.2 Å². The van der Waals surface area contributed by atoms with Crippen LogP contribution in [-0.4, -0.2) is 8.42 Å². The number of hydrogen-bond donors (Lipinski definition) is 1. The summed E-state index contributed by atoms with van der Waals surface area (Å²) in [7, 11) is -4.03. The molecule has 0 unspecified atom stereocenters. The summed E-state index contributed by atoms with van der Waals surface area (Å²) in [5.74, 6) is 3.59. The molecule has 0 saturated carbocycles. The minimum atomic E-state index is -4.03. The van der Waals surface area contributed by atoms with Crippen LogP contribution in [0, 0.1) is 23.5 Å². The van der Waals surface area contributed by atoms with Crippen LogP contribution in [0.1, 0.15) is 10.4 Å². The lowest BCUT2D eigenvalue weighted by molar-refractivity contribution is 0.504. The van der Waals surface area contributed by atoms with Gasteiger partial charge in [0, 0.05) is 5.56 Å². The molecule has 1 heterocycles. The summed E-state index contributed by atoms with van der Waals surface area (Å²) in [6.45, 7) is 0. The summed E-state index contributed by atoms with van der Waals surface area (Å²) in [6, 6.07) is 12.7. The van der Waals surface area contributed by atoms with Crippen LogP contribution in [-0.2, 0) is 10.0 Å². The van der Waals surface area contributed by atoms with Crippen molar-refractivity contribution in [2.45, 2.75) is 4.90 Å². The van der Waals surface area contributed by atoms with E-state index in [1.54, 1.807) is 24.3 Å². The van der Waals surface area contributed by atoms with Crippen LogP contribution < -0.4 is 4.72 Å². The van der Waals surface area contributed by atoms with Crippen LogP contribution in [0.4, 0.5) is 14.5 Å². The van der Waals surface area contributed by atoms with Gasteiger partial charge in [-0.15, -0.1) is 11.3 Å². The molecule has 0 spiro atoms. The highest BCUT2D eigenvalue weighted by atomic mass is 32.2. The quantitative estimate of drug-likeness (QED) is 0.697. The lowest BCUT2D eigenvalue weighted by Gasteiger charge is -2.08. The van der Waals surface area contributed by atoms with Crippen LogP contribution in [0.3, 0.4) is 0 Å². The highest BCUT2D eigenvalue weighted by Gasteiger charge is 2.16. The number of rotatable bonds is 3. The molecule has 126 valence electrons. The molecule has 7 heteroatoms. The highest BCUT2D eigenvalue weighted by Crippen LogP contribution is 2.19. The Labute approximate surface area is 148 Å². The molecule has 0 aliphatic heterocycles. The SMILES string of the molecule is O=S(=O)(Nc1cccc(C#Cc2cccs2)c1)c1ccc(F)c(F)c1. The molecule has 0 saturated heterocycles. The first-order valence-electron chi connectivity index (χ1n) is 7.07. The predicted molar refractivity (Wildman–Crippen MR) is 93.9 cm³/mol. The predicted octanol–water partition coefficient (Wildman–Crippen LogP) is 4.23. The van der Waals surface area contributed by atoms with Gasteiger partial charge in [0.05, 0.1) is 15.5 Å². The van der Waals surface area contributed by atoms with Crippen molar-refractivity contribution in [2.75, 3.05) is 4.72 Å². The fourth-order valence-electron chi connectivity index (χ4n) is 2.00. The van der Waals surface area contributed by atoms with E-state index in [1.807, 2.05) is 17.5 Å². The zero-order valence-corrected chi connectivity index (χ0v) is 14.3. The van der Waals surface area contributed by atoms with Gasteiger partial charge in [-0.2, -0.15) is 0 Å². The smallest absolute Gasteiger partial charge is 0.261 e. The first-order valence-corrected chi connectivity index (χ1v) is 9.44. The second-order valence-electron chi connectivity index (χ2n) is 4.99. The molecule has 0 aliphatic rings. The van der Waals surface area contributed by atoms with E-state index in [0.717, 1.165) is 17.0 Å². The van der Waals surface area contributed by atoms with Crippen LogP contribution in [0.15, 0.2) is 64.9 Å². The molecule has 0 atom stereocenters. The third kappa shape index (κ3) is 4.24. The summed E-state index contributed by atoms with van der Waals surface area (Å²) >= 11 is 1.50. The molecule has 0 amide bonds. The summed E-state index contributed by atoms with van der Waals surface area (Å²) in [5.41, 5.74) is 0.904. The normalized spacial score (nSPS) is 10.8. The lowest BCUT2D eigenvalue weighted by Crippen LogP contribution is -2.13. The van der Waals surface area contributed by atoms with Gasteiger partial charge in [0.2, 0.25) is 0 Å². The molecule has 0 aliphatic carbocycles. The van der Waals surface area contributed by atoms with Gasteiger partial charge in [0.25, 0.3) is 10.0 Å². The number of benzene rings is 2. The maximum absolute atomic E-state index is 13.3. The number of hydrogen-bond acceptors (Lipinski definition) is 3. The van der Waals surface area contributed by atoms with Crippen molar-refractivity contribution < 1.29 is 17.2 Å². The minimum Gasteiger partial charge on any atom is -0.280 e. The monoisotopic (exact) mass is 375 g/mol. The van der Waals surface area contributed by atoms with E-state index in [9.17, 15) is 17.2 Å². The highest BCUT2D eigenvalue weighted by molar-refractivity contribution is 7.92. The fraction of sp³-hybridized carbons (Fsp3) is 0. The van der Waals surface area contributed by atoms with Crippen LogP contribution >= 0.6 is 11.3 Å². The summed E-state index contributed by atoms with van der Waals surface area (Å²) in [4.78, 5) is 0.536. The molecule has 3 nitrogen and oxygen atoms in total. The van der Waals surface area contributed by atoms with E-state index in [2.05, 4.69) is 16.6 Å². The average Bonchev–Trinajstić information content (AvgIpc) is 3.09. The standard InChI is InChI=1S/C18H11F2NO2S2/c19-17-9-8-16(12-18(17)20)25(22,23)21-14-4-1-3-13(11-14)6-7-15-5-2-10-24-15/h1-5,8-12,21H. The molecular weight excluding hydrogens is 364 g/mol. The third-order valence-electron chi connectivity index (χ3n) is 3.17. The molecule has 2 aromatic carbocycles. The average molecular weight is 375 g/mol. The molecule has 0 radical (unpaired) electrons. The van der Waals surface area contributed by atoms with Crippen LogP contribution in [0.25, 0.3) is 0 Å². The number of nitrogens with one attached hydrogen (secondary N) is 1. The van der Waals surface area contributed by atoms with E-state index in [-0.39, 0.29) is 10.6 Å². The van der Waals surface area contributed by atoms with E-state index in [4.69, 9.17) is 0 Å². The topological polar surface area (TPSA) is 46.2 Å². The third-order valence-corrected chi connectivity index (χ3v) is 5.33. The Morgan fingerprint density at radius 1 is 0.920 bits per heavy atom. The van der Waals surface area contributed by atoms with Crippen molar-refractivity contribution in [3.05, 3.63) is 82.1 Å². The molecule has 3 rings (SSSR count). The number of sulfonamides is 1. The van der Waals surface area contributed by atoms with Gasteiger partial charge in [-0.3, -0.25) is 4.72 Å². The largest absolute Gasteiger partial charge is 0.280 e. The Hall–Kier alpha value is -2.69. The summed E-state index contributed by atoms with van der Waals surface area (Å²) < 4.78 is 53.1. The lowest BCUT2D eigenvalue weighted by atomic mass is 10.2. The molecule has 1 aromatic heterocycles. The van der Waals surface area contributed by atoms with Gasteiger partial charge in [-0.05, 0) is 47.8 Å². The minimum absolute atomic E-state index is 0.280. The molecule has 3 aromatic rings. The maximum Gasteiger partial charge on any atom is 0.261 e. The Bertz CT molecular complexity index is 1070. The van der Waals surface area contributed by atoms with E-state index in [0.29, 0.717) is 11.6 Å².